The van der Waals surface area contributed by atoms with Crippen molar-refractivity contribution in [3.8, 4) is 22.8 Å². The lowest BCUT2D eigenvalue weighted by molar-refractivity contribution is -0.286. The van der Waals surface area contributed by atoms with Gasteiger partial charge >= 0.3 is 6.29 Å². The molecule has 0 spiro atoms. The SMILES string of the molecule is Cc1ccoc1C(=O)Nc1cnc(-c2cc3c(cc2Cl)OC(F)(F)O3)cn1. The van der Waals surface area contributed by atoms with Crippen LogP contribution in [0.2, 0.25) is 5.02 Å². The van der Waals surface area contributed by atoms with E-state index in [2.05, 4.69) is 24.8 Å². The number of rotatable bonds is 3. The van der Waals surface area contributed by atoms with E-state index in [9.17, 15) is 13.6 Å². The van der Waals surface area contributed by atoms with Crippen molar-refractivity contribution in [1.29, 1.82) is 0 Å². The van der Waals surface area contributed by atoms with Crippen LogP contribution in [0.1, 0.15) is 16.1 Å². The second-order valence-corrected chi connectivity index (χ2v) is 6.03. The van der Waals surface area contributed by atoms with Gasteiger partial charge in [0.1, 0.15) is 0 Å². The van der Waals surface area contributed by atoms with Crippen molar-refractivity contribution in [3.63, 3.8) is 0 Å². The molecule has 0 saturated carbocycles. The molecule has 3 aromatic rings. The fourth-order valence-electron chi connectivity index (χ4n) is 2.48. The third kappa shape index (κ3) is 3.28. The molecule has 1 N–H and O–H groups in total. The number of amides is 1. The van der Waals surface area contributed by atoms with E-state index in [0.717, 1.165) is 0 Å². The Morgan fingerprint density at radius 1 is 1.19 bits per heavy atom. The molecule has 0 saturated heterocycles. The average molecular weight is 394 g/mol. The Morgan fingerprint density at radius 2 is 1.93 bits per heavy atom. The molecule has 27 heavy (non-hydrogen) atoms. The second-order valence-electron chi connectivity index (χ2n) is 5.62. The third-order valence-corrected chi connectivity index (χ3v) is 4.04. The largest absolute Gasteiger partial charge is 0.586 e. The summed E-state index contributed by atoms with van der Waals surface area (Å²) in [7, 11) is 0. The van der Waals surface area contributed by atoms with Crippen LogP contribution in [0.25, 0.3) is 11.3 Å². The fourth-order valence-corrected chi connectivity index (χ4v) is 2.73. The number of nitrogens with zero attached hydrogens (tertiary/aromatic N) is 2. The highest BCUT2D eigenvalue weighted by molar-refractivity contribution is 6.33. The Morgan fingerprint density at radius 3 is 2.56 bits per heavy atom. The number of hydrogen-bond donors (Lipinski definition) is 1. The minimum atomic E-state index is -3.74. The minimum Gasteiger partial charge on any atom is -0.459 e. The highest BCUT2D eigenvalue weighted by Crippen LogP contribution is 2.45. The first-order valence-electron chi connectivity index (χ1n) is 7.60. The number of anilines is 1. The molecule has 4 rings (SSSR count). The number of fused-ring (bicyclic) bond motifs is 1. The van der Waals surface area contributed by atoms with Crippen LogP contribution < -0.4 is 14.8 Å². The molecule has 0 atom stereocenters. The van der Waals surface area contributed by atoms with Crippen LogP contribution in [-0.2, 0) is 0 Å². The van der Waals surface area contributed by atoms with E-state index in [1.807, 2.05) is 0 Å². The zero-order chi connectivity index (χ0) is 19.2. The fraction of sp³-hybridized carbons (Fsp3) is 0.118. The molecule has 0 fully saturated rings. The number of halogens is 3. The molecule has 3 heterocycles. The summed E-state index contributed by atoms with van der Waals surface area (Å²) in [6.45, 7) is 1.73. The first-order chi connectivity index (χ1) is 12.8. The van der Waals surface area contributed by atoms with Crippen molar-refractivity contribution in [2.24, 2.45) is 0 Å². The van der Waals surface area contributed by atoms with E-state index in [1.54, 1.807) is 13.0 Å². The number of nitrogens with one attached hydrogen (secondary N) is 1. The Bertz CT molecular complexity index is 1040. The number of carbonyl (C=O) groups excluding carboxylic acids is 1. The number of hydrogen-bond acceptors (Lipinski definition) is 6. The van der Waals surface area contributed by atoms with Gasteiger partial charge in [0, 0.05) is 17.2 Å². The molecular formula is C17H10ClF2N3O4. The summed E-state index contributed by atoms with van der Waals surface area (Å²) >= 11 is 6.11. The molecule has 138 valence electrons. The third-order valence-electron chi connectivity index (χ3n) is 3.73. The number of carbonyl (C=O) groups is 1. The van der Waals surface area contributed by atoms with E-state index >= 15 is 0 Å². The van der Waals surface area contributed by atoms with Gasteiger partial charge < -0.3 is 19.2 Å². The number of benzene rings is 1. The van der Waals surface area contributed by atoms with Gasteiger partial charge in [-0.2, -0.15) is 0 Å². The highest BCUT2D eigenvalue weighted by atomic mass is 35.5. The number of aromatic nitrogens is 2. The minimum absolute atomic E-state index is 0.132. The summed E-state index contributed by atoms with van der Waals surface area (Å²) in [5.74, 6) is -0.447. The standard InChI is InChI=1S/C17H10ClF2N3O4/c1-8-2-3-25-15(8)16(24)23-14-7-21-11(6-22-14)9-4-12-13(5-10(9)18)27-17(19,20)26-12/h2-7H,1H3,(H,22,23,24). The summed E-state index contributed by atoms with van der Waals surface area (Å²) in [5.41, 5.74) is 1.30. The van der Waals surface area contributed by atoms with Gasteiger partial charge in [0.05, 0.1) is 29.4 Å². The van der Waals surface area contributed by atoms with E-state index in [4.69, 9.17) is 16.0 Å². The van der Waals surface area contributed by atoms with Crippen molar-refractivity contribution < 1.29 is 27.5 Å². The first kappa shape index (κ1) is 17.2. The lowest BCUT2D eigenvalue weighted by Crippen LogP contribution is -2.25. The van der Waals surface area contributed by atoms with Crippen molar-refractivity contribution in [1.82, 2.24) is 9.97 Å². The maximum atomic E-state index is 13.2. The van der Waals surface area contributed by atoms with Gasteiger partial charge in [0.15, 0.2) is 23.1 Å². The van der Waals surface area contributed by atoms with Gasteiger partial charge in [-0.3, -0.25) is 9.78 Å². The van der Waals surface area contributed by atoms with Crippen LogP contribution in [0, 0.1) is 6.92 Å². The number of aryl methyl sites for hydroxylation is 1. The van der Waals surface area contributed by atoms with E-state index < -0.39 is 12.2 Å². The summed E-state index contributed by atoms with van der Waals surface area (Å²) in [6.07, 6.45) is 0.311. The Labute approximate surface area is 155 Å². The zero-order valence-electron chi connectivity index (χ0n) is 13.6. The monoisotopic (exact) mass is 393 g/mol. The smallest absolute Gasteiger partial charge is 0.459 e. The summed E-state index contributed by atoms with van der Waals surface area (Å²) in [4.78, 5) is 20.3. The molecule has 0 aliphatic carbocycles. The molecule has 1 aromatic carbocycles. The van der Waals surface area contributed by atoms with Gasteiger partial charge in [-0.05, 0) is 19.1 Å². The van der Waals surface area contributed by atoms with Crippen molar-refractivity contribution in [3.05, 3.63) is 53.2 Å². The van der Waals surface area contributed by atoms with Gasteiger partial charge in [0.25, 0.3) is 5.91 Å². The number of ether oxygens (including phenoxy) is 2. The van der Waals surface area contributed by atoms with E-state index in [-0.39, 0.29) is 28.1 Å². The van der Waals surface area contributed by atoms with E-state index in [0.29, 0.717) is 16.8 Å². The quantitative estimate of drug-likeness (QED) is 0.715. The van der Waals surface area contributed by atoms with Gasteiger partial charge in [-0.1, -0.05) is 11.6 Å². The van der Waals surface area contributed by atoms with E-state index in [1.165, 1.54) is 30.8 Å². The molecule has 7 nitrogen and oxygen atoms in total. The molecule has 1 aliphatic heterocycles. The predicted molar refractivity (Wildman–Crippen MR) is 90.1 cm³/mol. The second kappa shape index (κ2) is 6.20. The Hall–Kier alpha value is -3.20. The molecule has 0 radical (unpaired) electrons. The summed E-state index contributed by atoms with van der Waals surface area (Å²) in [5, 5.41) is 2.68. The number of alkyl halides is 2. The van der Waals surface area contributed by atoms with Gasteiger partial charge in [-0.25, -0.2) is 4.98 Å². The Kier molecular flexibility index (Phi) is 3.96. The molecule has 10 heteroatoms. The molecule has 1 amide bonds. The average Bonchev–Trinajstić information content (AvgIpc) is 3.16. The van der Waals surface area contributed by atoms with Crippen LogP contribution in [0.15, 0.2) is 41.3 Å². The maximum absolute atomic E-state index is 13.2. The first-order valence-corrected chi connectivity index (χ1v) is 7.97. The molecule has 1 aliphatic rings. The van der Waals surface area contributed by atoms with Crippen LogP contribution in [-0.4, -0.2) is 22.2 Å². The summed E-state index contributed by atoms with van der Waals surface area (Å²) < 4.78 is 40.2. The lowest BCUT2D eigenvalue weighted by Gasteiger charge is -2.07. The maximum Gasteiger partial charge on any atom is 0.586 e. The van der Waals surface area contributed by atoms with Gasteiger partial charge in [-0.15, -0.1) is 8.78 Å². The molecular weight excluding hydrogens is 384 g/mol. The zero-order valence-corrected chi connectivity index (χ0v) is 14.4. The van der Waals surface area contributed by atoms with Crippen LogP contribution in [0.5, 0.6) is 11.5 Å². The topological polar surface area (TPSA) is 86.5 Å². The van der Waals surface area contributed by atoms with Crippen molar-refractivity contribution >= 4 is 23.3 Å². The normalized spacial score (nSPS) is 14.2. The number of furan rings is 1. The van der Waals surface area contributed by atoms with Crippen LogP contribution >= 0.6 is 11.6 Å². The highest BCUT2D eigenvalue weighted by Gasteiger charge is 2.43. The van der Waals surface area contributed by atoms with Crippen LogP contribution in [0.4, 0.5) is 14.6 Å². The molecule has 0 unspecified atom stereocenters. The lowest BCUT2D eigenvalue weighted by atomic mass is 10.1. The van der Waals surface area contributed by atoms with Crippen molar-refractivity contribution in [2.75, 3.05) is 5.32 Å². The van der Waals surface area contributed by atoms with Crippen molar-refractivity contribution in [2.45, 2.75) is 13.2 Å². The predicted octanol–water partition coefficient (Wildman–Crippen LogP) is 4.27. The molecule has 2 aromatic heterocycles. The summed E-state index contributed by atoms with van der Waals surface area (Å²) in [6, 6.07) is 4.16. The molecule has 0 bridgehead atoms. The Balaban J connectivity index is 1.57. The van der Waals surface area contributed by atoms with Crippen LogP contribution in [0.3, 0.4) is 0 Å². The van der Waals surface area contributed by atoms with Gasteiger partial charge in [0.2, 0.25) is 0 Å².